The van der Waals surface area contributed by atoms with Crippen LogP contribution in [0.4, 0.5) is 4.79 Å². The first-order valence-electron chi connectivity index (χ1n) is 8.08. The molecule has 3 rings (SSSR count). The van der Waals surface area contributed by atoms with Crippen LogP contribution < -0.4 is 5.32 Å². The smallest absolute Gasteiger partial charge is 0.338 e. The van der Waals surface area contributed by atoms with Gasteiger partial charge in [-0.25, -0.2) is 9.59 Å². The van der Waals surface area contributed by atoms with Gasteiger partial charge in [-0.05, 0) is 30.7 Å². The Kier molecular flexibility index (Phi) is 4.35. The molecule has 6 nitrogen and oxygen atoms in total. The van der Waals surface area contributed by atoms with E-state index in [1.807, 2.05) is 24.3 Å². The van der Waals surface area contributed by atoms with Crippen LogP contribution in [0, 0.1) is 0 Å². The molecule has 1 atom stereocenters. The van der Waals surface area contributed by atoms with Crippen LogP contribution in [-0.2, 0) is 9.53 Å². The maximum atomic E-state index is 12.6. The summed E-state index contributed by atoms with van der Waals surface area (Å²) in [6.07, 6.45) is 0. The van der Waals surface area contributed by atoms with Gasteiger partial charge in [-0.15, -0.1) is 0 Å². The van der Waals surface area contributed by atoms with E-state index in [2.05, 4.69) is 5.32 Å². The third-order valence-corrected chi connectivity index (χ3v) is 4.49. The highest BCUT2D eigenvalue weighted by Gasteiger charge is 2.36. The molecule has 2 N–H and O–H groups in total. The SMILES string of the molecule is CCOC(=O)C1=C(C)N(C)C(=O)N[C@@H]1c1c(O)ccc2ccccc12. The molecule has 1 aliphatic heterocycles. The molecule has 2 aromatic rings. The predicted octanol–water partition coefficient (Wildman–Crippen LogP) is 3.08. The summed E-state index contributed by atoms with van der Waals surface area (Å²) in [6.45, 7) is 3.64. The molecule has 0 aliphatic carbocycles. The number of carbonyl (C=O) groups excluding carboxylic acids is 2. The monoisotopic (exact) mass is 340 g/mol. The van der Waals surface area contributed by atoms with E-state index < -0.39 is 12.0 Å². The van der Waals surface area contributed by atoms with Crippen LogP contribution >= 0.6 is 0 Å². The molecule has 25 heavy (non-hydrogen) atoms. The number of nitrogens with zero attached hydrogens (tertiary/aromatic N) is 1. The van der Waals surface area contributed by atoms with E-state index in [0.717, 1.165) is 10.8 Å². The van der Waals surface area contributed by atoms with E-state index in [9.17, 15) is 14.7 Å². The molecule has 0 unspecified atom stereocenters. The average molecular weight is 340 g/mol. The molecule has 0 aromatic heterocycles. The second-order valence-electron chi connectivity index (χ2n) is 5.88. The molecule has 6 heteroatoms. The minimum absolute atomic E-state index is 0.0168. The molecular weight excluding hydrogens is 320 g/mol. The minimum Gasteiger partial charge on any atom is -0.508 e. The number of aromatic hydroxyl groups is 1. The number of phenolic OH excluding ortho intramolecular Hbond substituents is 1. The Bertz CT molecular complexity index is 888. The fourth-order valence-electron chi connectivity index (χ4n) is 3.11. The number of hydrogen-bond donors (Lipinski definition) is 2. The maximum Gasteiger partial charge on any atom is 0.338 e. The summed E-state index contributed by atoms with van der Waals surface area (Å²) in [4.78, 5) is 26.2. The topological polar surface area (TPSA) is 78.9 Å². The zero-order valence-corrected chi connectivity index (χ0v) is 14.4. The van der Waals surface area contributed by atoms with Gasteiger partial charge in [0, 0.05) is 18.3 Å². The quantitative estimate of drug-likeness (QED) is 0.842. The van der Waals surface area contributed by atoms with Gasteiger partial charge in [0.25, 0.3) is 0 Å². The van der Waals surface area contributed by atoms with Crippen molar-refractivity contribution in [1.29, 1.82) is 0 Å². The minimum atomic E-state index is -0.783. The zero-order chi connectivity index (χ0) is 18.1. The first-order chi connectivity index (χ1) is 12.0. The molecule has 1 heterocycles. The molecule has 0 saturated heterocycles. The van der Waals surface area contributed by atoms with Gasteiger partial charge in [0.2, 0.25) is 0 Å². The molecule has 2 amide bonds. The van der Waals surface area contributed by atoms with Crippen molar-refractivity contribution in [3.05, 3.63) is 53.2 Å². The van der Waals surface area contributed by atoms with Gasteiger partial charge in [-0.3, -0.25) is 0 Å². The number of hydrogen-bond acceptors (Lipinski definition) is 4. The average Bonchev–Trinajstić information content (AvgIpc) is 2.59. The van der Waals surface area contributed by atoms with Crippen molar-refractivity contribution < 1.29 is 19.4 Å². The number of nitrogens with one attached hydrogen (secondary N) is 1. The van der Waals surface area contributed by atoms with Crippen molar-refractivity contribution in [3.8, 4) is 5.75 Å². The van der Waals surface area contributed by atoms with Gasteiger partial charge < -0.3 is 20.1 Å². The lowest BCUT2D eigenvalue weighted by molar-refractivity contribution is -0.139. The molecule has 0 bridgehead atoms. The summed E-state index contributed by atoms with van der Waals surface area (Å²) in [5.74, 6) is -0.493. The summed E-state index contributed by atoms with van der Waals surface area (Å²) in [7, 11) is 1.59. The number of fused-ring (bicyclic) bond motifs is 1. The van der Waals surface area contributed by atoms with Crippen molar-refractivity contribution in [1.82, 2.24) is 10.2 Å². The summed E-state index contributed by atoms with van der Waals surface area (Å²) < 4.78 is 5.18. The number of ether oxygens (including phenoxy) is 1. The normalized spacial score (nSPS) is 17.6. The van der Waals surface area contributed by atoms with Gasteiger partial charge in [-0.1, -0.05) is 30.3 Å². The Morgan fingerprint density at radius 2 is 2.00 bits per heavy atom. The highest BCUT2D eigenvalue weighted by molar-refractivity contribution is 5.98. The molecule has 130 valence electrons. The number of esters is 1. The van der Waals surface area contributed by atoms with E-state index in [4.69, 9.17) is 4.74 Å². The third kappa shape index (κ3) is 2.80. The van der Waals surface area contributed by atoms with Gasteiger partial charge in [-0.2, -0.15) is 0 Å². The lowest BCUT2D eigenvalue weighted by Gasteiger charge is -2.33. The van der Waals surface area contributed by atoms with Crippen LogP contribution in [-0.4, -0.2) is 35.7 Å². The third-order valence-electron chi connectivity index (χ3n) is 4.49. The highest BCUT2D eigenvalue weighted by atomic mass is 16.5. The molecule has 0 saturated carbocycles. The number of benzene rings is 2. The summed E-state index contributed by atoms with van der Waals surface area (Å²) in [6, 6.07) is 9.75. The number of amides is 2. The number of urea groups is 1. The number of carbonyl (C=O) groups is 2. The van der Waals surface area contributed by atoms with Crippen molar-refractivity contribution in [2.45, 2.75) is 19.9 Å². The van der Waals surface area contributed by atoms with Crippen LogP contribution in [0.5, 0.6) is 5.75 Å². The zero-order valence-electron chi connectivity index (χ0n) is 14.4. The summed E-state index contributed by atoms with van der Waals surface area (Å²) >= 11 is 0. The van der Waals surface area contributed by atoms with Gasteiger partial charge in [0.15, 0.2) is 0 Å². The fraction of sp³-hybridized carbons (Fsp3) is 0.263. The second kappa shape index (κ2) is 6.47. The lowest BCUT2D eigenvalue weighted by Crippen LogP contribution is -2.46. The Hall–Kier alpha value is -3.02. The Morgan fingerprint density at radius 1 is 1.28 bits per heavy atom. The van der Waals surface area contributed by atoms with Crippen LogP contribution in [0.1, 0.15) is 25.5 Å². The molecule has 2 aromatic carbocycles. The van der Waals surface area contributed by atoms with Gasteiger partial charge >= 0.3 is 12.0 Å². The molecule has 0 fully saturated rings. The van der Waals surface area contributed by atoms with Crippen molar-refractivity contribution >= 4 is 22.8 Å². The van der Waals surface area contributed by atoms with Crippen LogP contribution in [0.2, 0.25) is 0 Å². The van der Waals surface area contributed by atoms with Crippen LogP contribution in [0.15, 0.2) is 47.7 Å². The molecule has 0 spiro atoms. The molecular formula is C19H20N2O4. The van der Waals surface area contributed by atoms with Crippen molar-refractivity contribution in [2.75, 3.05) is 13.7 Å². The lowest BCUT2D eigenvalue weighted by atomic mass is 9.90. The number of phenols is 1. The second-order valence-corrected chi connectivity index (χ2v) is 5.88. The number of allylic oxidation sites excluding steroid dienone is 1. The Balaban J connectivity index is 2.26. The molecule has 0 radical (unpaired) electrons. The Labute approximate surface area is 145 Å². The first kappa shape index (κ1) is 16.8. The largest absolute Gasteiger partial charge is 0.508 e. The summed E-state index contributed by atoms with van der Waals surface area (Å²) in [5.41, 5.74) is 1.30. The standard InChI is InChI=1S/C19H20N2O4/c1-4-25-18(23)15-11(2)21(3)19(24)20-17(15)16-13-8-6-5-7-12(13)9-10-14(16)22/h5-10,17,22H,4H2,1-3H3,(H,20,24)/t17-/m0/s1. The maximum absolute atomic E-state index is 12.6. The molecule has 1 aliphatic rings. The van der Waals surface area contributed by atoms with Crippen LogP contribution in [0.25, 0.3) is 10.8 Å². The van der Waals surface area contributed by atoms with E-state index in [-0.39, 0.29) is 18.4 Å². The van der Waals surface area contributed by atoms with E-state index in [1.165, 1.54) is 4.90 Å². The highest BCUT2D eigenvalue weighted by Crippen LogP contribution is 2.39. The summed E-state index contributed by atoms with van der Waals surface area (Å²) in [5, 5.41) is 15.0. The van der Waals surface area contributed by atoms with Crippen molar-refractivity contribution in [3.63, 3.8) is 0 Å². The Morgan fingerprint density at radius 3 is 2.72 bits per heavy atom. The first-order valence-corrected chi connectivity index (χ1v) is 8.08. The van der Waals surface area contributed by atoms with Gasteiger partial charge in [0.1, 0.15) is 5.75 Å². The predicted molar refractivity (Wildman–Crippen MR) is 94.0 cm³/mol. The van der Waals surface area contributed by atoms with Gasteiger partial charge in [0.05, 0.1) is 18.2 Å². The fourth-order valence-corrected chi connectivity index (χ4v) is 3.11. The number of rotatable bonds is 3. The van der Waals surface area contributed by atoms with Crippen LogP contribution in [0.3, 0.4) is 0 Å². The van der Waals surface area contributed by atoms with E-state index in [0.29, 0.717) is 16.8 Å². The van der Waals surface area contributed by atoms with Crippen molar-refractivity contribution in [2.24, 2.45) is 0 Å². The van der Waals surface area contributed by atoms with E-state index in [1.54, 1.807) is 33.0 Å². The van der Waals surface area contributed by atoms with E-state index >= 15 is 0 Å².